The topological polar surface area (TPSA) is 37.3 Å². The molecular formula is C13H7Cl3O2. The molecule has 2 nitrogen and oxygen atoms in total. The van der Waals surface area contributed by atoms with E-state index >= 15 is 0 Å². The molecule has 0 spiro atoms. The highest BCUT2D eigenvalue weighted by molar-refractivity contribution is 6.36. The molecule has 5 heteroatoms. The van der Waals surface area contributed by atoms with Crippen LogP contribution in [0.4, 0.5) is 0 Å². The lowest BCUT2D eigenvalue weighted by atomic mass is 10.0. The van der Waals surface area contributed by atoms with Crippen LogP contribution in [0, 0.1) is 0 Å². The summed E-state index contributed by atoms with van der Waals surface area (Å²) in [4.78, 5) is 11.0. The molecule has 0 radical (unpaired) electrons. The molecule has 0 amide bonds. The van der Waals surface area contributed by atoms with Crippen molar-refractivity contribution in [3.8, 4) is 11.1 Å². The molecule has 0 unspecified atom stereocenters. The van der Waals surface area contributed by atoms with E-state index in [0.29, 0.717) is 21.2 Å². The zero-order valence-electron chi connectivity index (χ0n) is 8.95. The maximum Gasteiger partial charge on any atom is 0.337 e. The average Bonchev–Trinajstić information content (AvgIpc) is 2.33. The summed E-state index contributed by atoms with van der Waals surface area (Å²) >= 11 is 17.8. The number of rotatable bonds is 2. The second-order valence-electron chi connectivity index (χ2n) is 3.62. The fourth-order valence-corrected chi connectivity index (χ4v) is 2.17. The third-order valence-corrected chi connectivity index (χ3v) is 3.33. The molecule has 0 heterocycles. The van der Waals surface area contributed by atoms with Gasteiger partial charge in [-0.25, -0.2) is 4.79 Å². The van der Waals surface area contributed by atoms with Crippen LogP contribution in [0.25, 0.3) is 11.1 Å². The summed E-state index contributed by atoms with van der Waals surface area (Å²) in [5.74, 6) is -1.08. The lowest BCUT2D eigenvalue weighted by Crippen LogP contribution is -1.97. The van der Waals surface area contributed by atoms with E-state index in [4.69, 9.17) is 39.9 Å². The molecule has 2 aromatic carbocycles. The third-order valence-electron chi connectivity index (χ3n) is 2.44. The van der Waals surface area contributed by atoms with Crippen molar-refractivity contribution in [3.63, 3.8) is 0 Å². The van der Waals surface area contributed by atoms with Crippen LogP contribution in [-0.4, -0.2) is 11.1 Å². The fraction of sp³-hybridized carbons (Fsp3) is 0. The Morgan fingerprint density at radius 2 is 1.61 bits per heavy atom. The molecule has 0 aliphatic heterocycles. The standard InChI is InChI=1S/C13H7Cl3O2/c14-8-2-4-11(15)9(6-8)7-1-3-12(16)10(5-7)13(17)18/h1-6H,(H,17,18). The van der Waals surface area contributed by atoms with Gasteiger partial charge in [-0.05, 0) is 35.9 Å². The molecule has 0 aliphatic rings. The zero-order valence-corrected chi connectivity index (χ0v) is 11.2. The largest absolute Gasteiger partial charge is 0.478 e. The summed E-state index contributed by atoms with van der Waals surface area (Å²) in [6.07, 6.45) is 0. The van der Waals surface area contributed by atoms with E-state index in [1.165, 1.54) is 12.1 Å². The highest BCUT2D eigenvalue weighted by atomic mass is 35.5. The number of aromatic carboxylic acids is 1. The number of hydrogen-bond donors (Lipinski definition) is 1. The van der Waals surface area contributed by atoms with Gasteiger partial charge in [-0.2, -0.15) is 0 Å². The minimum atomic E-state index is -1.08. The van der Waals surface area contributed by atoms with Crippen molar-refractivity contribution in [2.45, 2.75) is 0 Å². The molecule has 0 saturated heterocycles. The highest BCUT2D eigenvalue weighted by Crippen LogP contribution is 2.32. The Balaban J connectivity index is 2.61. The molecule has 0 saturated carbocycles. The molecule has 0 atom stereocenters. The first-order chi connectivity index (χ1) is 8.49. The maximum atomic E-state index is 11.0. The molecular weight excluding hydrogens is 294 g/mol. The predicted octanol–water partition coefficient (Wildman–Crippen LogP) is 5.01. The van der Waals surface area contributed by atoms with Crippen molar-refractivity contribution in [2.24, 2.45) is 0 Å². The Labute approximate surface area is 119 Å². The van der Waals surface area contributed by atoms with Crippen LogP contribution in [0.3, 0.4) is 0 Å². The van der Waals surface area contributed by atoms with Gasteiger partial charge in [0.2, 0.25) is 0 Å². The first-order valence-electron chi connectivity index (χ1n) is 4.97. The normalized spacial score (nSPS) is 10.4. The van der Waals surface area contributed by atoms with E-state index in [9.17, 15) is 4.79 Å². The fourth-order valence-electron chi connectivity index (χ4n) is 1.58. The lowest BCUT2D eigenvalue weighted by molar-refractivity contribution is 0.0697. The predicted molar refractivity (Wildman–Crippen MR) is 73.9 cm³/mol. The minimum Gasteiger partial charge on any atom is -0.478 e. The Bertz CT molecular complexity index is 624. The number of carbonyl (C=O) groups is 1. The number of hydrogen-bond acceptors (Lipinski definition) is 1. The first kappa shape index (κ1) is 13.2. The van der Waals surface area contributed by atoms with Crippen LogP contribution >= 0.6 is 34.8 Å². The first-order valence-corrected chi connectivity index (χ1v) is 6.10. The maximum absolute atomic E-state index is 11.0. The van der Waals surface area contributed by atoms with E-state index in [1.807, 2.05) is 0 Å². The molecule has 0 bridgehead atoms. The summed E-state index contributed by atoms with van der Waals surface area (Å²) in [7, 11) is 0. The van der Waals surface area contributed by atoms with E-state index in [0.717, 1.165) is 0 Å². The number of carboxylic acid groups (broad SMARTS) is 1. The van der Waals surface area contributed by atoms with Crippen LogP contribution in [0.2, 0.25) is 15.1 Å². The molecule has 1 N–H and O–H groups in total. The summed E-state index contributed by atoms with van der Waals surface area (Å²) in [6.45, 7) is 0. The van der Waals surface area contributed by atoms with Crippen molar-refractivity contribution >= 4 is 40.8 Å². The average molecular weight is 302 g/mol. The lowest BCUT2D eigenvalue weighted by Gasteiger charge is -2.07. The molecule has 18 heavy (non-hydrogen) atoms. The molecule has 0 fully saturated rings. The van der Waals surface area contributed by atoms with Gasteiger partial charge in [-0.15, -0.1) is 0 Å². The van der Waals surface area contributed by atoms with Gasteiger partial charge in [0.1, 0.15) is 0 Å². The third kappa shape index (κ3) is 2.61. The van der Waals surface area contributed by atoms with Gasteiger partial charge in [0.05, 0.1) is 10.6 Å². The van der Waals surface area contributed by atoms with Crippen molar-refractivity contribution in [3.05, 3.63) is 57.0 Å². The van der Waals surface area contributed by atoms with E-state index < -0.39 is 5.97 Å². The van der Waals surface area contributed by atoms with E-state index in [-0.39, 0.29) is 10.6 Å². The van der Waals surface area contributed by atoms with Crippen molar-refractivity contribution in [1.82, 2.24) is 0 Å². The number of carboxylic acids is 1. The molecule has 92 valence electrons. The highest BCUT2D eigenvalue weighted by Gasteiger charge is 2.12. The van der Waals surface area contributed by atoms with Crippen molar-refractivity contribution < 1.29 is 9.90 Å². The summed E-state index contributed by atoms with van der Waals surface area (Å²) in [6, 6.07) is 9.71. The van der Waals surface area contributed by atoms with Crippen LogP contribution in [0.15, 0.2) is 36.4 Å². The quantitative estimate of drug-likeness (QED) is 0.846. The van der Waals surface area contributed by atoms with E-state index in [2.05, 4.69) is 0 Å². The van der Waals surface area contributed by atoms with Crippen molar-refractivity contribution in [1.29, 1.82) is 0 Å². The van der Waals surface area contributed by atoms with Gasteiger partial charge in [-0.3, -0.25) is 0 Å². The second kappa shape index (κ2) is 5.19. The van der Waals surface area contributed by atoms with Gasteiger partial charge in [0.25, 0.3) is 0 Å². The molecule has 0 aromatic heterocycles. The van der Waals surface area contributed by atoms with Gasteiger partial charge in [0, 0.05) is 15.6 Å². The summed E-state index contributed by atoms with van der Waals surface area (Å²) in [5.41, 5.74) is 1.36. The minimum absolute atomic E-state index is 0.0326. The summed E-state index contributed by atoms with van der Waals surface area (Å²) in [5, 5.41) is 10.2. The van der Waals surface area contributed by atoms with Gasteiger partial charge >= 0.3 is 5.97 Å². The molecule has 2 aromatic rings. The molecule has 2 rings (SSSR count). The van der Waals surface area contributed by atoms with Gasteiger partial charge in [0.15, 0.2) is 0 Å². The molecule has 0 aliphatic carbocycles. The van der Waals surface area contributed by atoms with Crippen LogP contribution in [0.5, 0.6) is 0 Å². The van der Waals surface area contributed by atoms with Crippen LogP contribution < -0.4 is 0 Å². The Morgan fingerprint density at radius 1 is 0.944 bits per heavy atom. The van der Waals surface area contributed by atoms with Gasteiger partial charge < -0.3 is 5.11 Å². The van der Waals surface area contributed by atoms with E-state index in [1.54, 1.807) is 24.3 Å². The summed E-state index contributed by atoms with van der Waals surface area (Å²) < 4.78 is 0. The van der Waals surface area contributed by atoms with Gasteiger partial charge in [-0.1, -0.05) is 40.9 Å². The Hall–Kier alpha value is -1.22. The van der Waals surface area contributed by atoms with Crippen molar-refractivity contribution in [2.75, 3.05) is 0 Å². The Kier molecular flexibility index (Phi) is 3.81. The second-order valence-corrected chi connectivity index (χ2v) is 4.87. The smallest absolute Gasteiger partial charge is 0.337 e. The van der Waals surface area contributed by atoms with Crippen LogP contribution in [-0.2, 0) is 0 Å². The number of halogens is 3. The monoisotopic (exact) mass is 300 g/mol. The van der Waals surface area contributed by atoms with Crippen LogP contribution in [0.1, 0.15) is 10.4 Å². The number of benzene rings is 2. The SMILES string of the molecule is O=C(O)c1cc(-c2cc(Cl)ccc2Cl)ccc1Cl. The Morgan fingerprint density at radius 3 is 2.28 bits per heavy atom. The zero-order chi connectivity index (χ0) is 13.3.